The summed E-state index contributed by atoms with van der Waals surface area (Å²) in [6, 6.07) is 14.6. The van der Waals surface area contributed by atoms with Crippen LogP contribution in [0.4, 0.5) is 0 Å². The van der Waals surface area contributed by atoms with Gasteiger partial charge in [0.05, 0.1) is 5.97 Å². The summed E-state index contributed by atoms with van der Waals surface area (Å²) in [6.07, 6.45) is 0.513. The van der Waals surface area contributed by atoms with Crippen molar-refractivity contribution in [2.45, 2.75) is 45.1 Å². The summed E-state index contributed by atoms with van der Waals surface area (Å²) in [5, 5.41) is 12.5. The molecule has 0 amide bonds. The summed E-state index contributed by atoms with van der Waals surface area (Å²) >= 11 is 5.89. The smallest absolute Gasteiger partial charge is 0.546 e. The zero-order chi connectivity index (χ0) is 17.7. The molecule has 2 aromatic carbocycles. The monoisotopic (exact) mass is 368 g/mol. The molecule has 128 valence electrons. The standard InChI is InChI=1S/C20H23ClO3.Na/c1-4-20(19(22)23,13-15-5-9-17(21)10-6-15)24-18-11-7-16(8-12-18)14(2)3;/h5-12,14H,4,13H2,1-3H3,(H,22,23);/q;+1/p-1. The molecule has 0 spiro atoms. The predicted molar refractivity (Wildman–Crippen MR) is 94.3 cm³/mol. The first kappa shape index (κ1) is 22.0. The number of carboxylic acid groups (broad SMARTS) is 1. The van der Waals surface area contributed by atoms with Gasteiger partial charge in [-0.1, -0.05) is 56.6 Å². The molecular weight excluding hydrogens is 347 g/mol. The summed E-state index contributed by atoms with van der Waals surface area (Å²) in [7, 11) is 0. The Morgan fingerprint density at radius 3 is 2.12 bits per heavy atom. The van der Waals surface area contributed by atoms with Gasteiger partial charge in [-0.2, -0.15) is 0 Å². The van der Waals surface area contributed by atoms with Gasteiger partial charge < -0.3 is 14.6 Å². The van der Waals surface area contributed by atoms with Crippen LogP contribution < -0.4 is 39.4 Å². The molecule has 25 heavy (non-hydrogen) atoms. The van der Waals surface area contributed by atoms with Crippen LogP contribution in [-0.2, 0) is 11.2 Å². The van der Waals surface area contributed by atoms with Gasteiger partial charge in [-0.3, -0.25) is 0 Å². The van der Waals surface area contributed by atoms with E-state index in [1.807, 2.05) is 24.3 Å². The molecule has 0 fully saturated rings. The van der Waals surface area contributed by atoms with Gasteiger partial charge in [-0.05, 0) is 47.7 Å². The second-order valence-electron chi connectivity index (χ2n) is 6.26. The van der Waals surface area contributed by atoms with Gasteiger partial charge in [0.25, 0.3) is 0 Å². The van der Waals surface area contributed by atoms with Crippen molar-refractivity contribution in [3.63, 3.8) is 0 Å². The maximum atomic E-state index is 11.8. The average molecular weight is 369 g/mol. The van der Waals surface area contributed by atoms with Crippen LogP contribution in [0.5, 0.6) is 5.75 Å². The van der Waals surface area contributed by atoms with Crippen LogP contribution in [0.2, 0.25) is 5.02 Å². The summed E-state index contributed by atoms with van der Waals surface area (Å²) < 4.78 is 5.89. The third-order valence-electron chi connectivity index (χ3n) is 4.21. The molecule has 0 aromatic heterocycles. The first-order chi connectivity index (χ1) is 11.4. The van der Waals surface area contributed by atoms with E-state index in [0.717, 1.165) is 5.56 Å². The van der Waals surface area contributed by atoms with E-state index in [2.05, 4.69) is 13.8 Å². The van der Waals surface area contributed by atoms with E-state index in [-0.39, 0.29) is 36.0 Å². The fourth-order valence-corrected chi connectivity index (χ4v) is 2.70. The quantitative estimate of drug-likeness (QED) is 0.685. The number of carboxylic acids is 1. The van der Waals surface area contributed by atoms with Crippen LogP contribution in [0.15, 0.2) is 48.5 Å². The molecule has 1 atom stereocenters. The van der Waals surface area contributed by atoms with Gasteiger partial charge in [-0.15, -0.1) is 0 Å². The molecule has 0 aliphatic carbocycles. The Bertz CT molecular complexity index is 683. The van der Waals surface area contributed by atoms with E-state index in [4.69, 9.17) is 16.3 Å². The largest absolute Gasteiger partial charge is 1.00 e. The molecule has 0 saturated heterocycles. The van der Waals surface area contributed by atoms with Gasteiger partial charge in [-0.25, -0.2) is 0 Å². The van der Waals surface area contributed by atoms with Crippen molar-refractivity contribution < 1.29 is 44.2 Å². The SMILES string of the molecule is CCC(Cc1ccc(Cl)cc1)(Oc1ccc(C(C)C)cc1)C(=O)[O-].[Na+]. The molecule has 0 heterocycles. The van der Waals surface area contributed by atoms with Gasteiger partial charge in [0, 0.05) is 11.4 Å². The topological polar surface area (TPSA) is 49.4 Å². The molecule has 0 saturated carbocycles. The number of aliphatic carboxylic acids is 1. The van der Waals surface area contributed by atoms with Crippen molar-refractivity contribution in [2.75, 3.05) is 0 Å². The van der Waals surface area contributed by atoms with Gasteiger partial charge in [0.2, 0.25) is 0 Å². The van der Waals surface area contributed by atoms with Crippen molar-refractivity contribution in [3.05, 3.63) is 64.7 Å². The van der Waals surface area contributed by atoms with Crippen LogP contribution in [-0.4, -0.2) is 11.6 Å². The molecular formula is C20H22ClNaO3. The average Bonchev–Trinajstić information content (AvgIpc) is 2.56. The van der Waals surface area contributed by atoms with E-state index in [0.29, 0.717) is 23.1 Å². The van der Waals surface area contributed by atoms with Crippen LogP contribution in [0.3, 0.4) is 0 Å². The Kier molecular flexibility index (Phi) is 8.49. The molecule has 0 aliphatic heterocycles. The Labute approximate surface area is 176 Å². The molecule has 1 unspecified atom stereocenters. The third-order valence-corrected chi connectivity index (χ3v) is 4.46. The second kappa shape index (κ2) is 9.63. The second-order valence-corrected chi connectivity index (χ2v) is 6.70. The fourth-order valence-electron chi connectivity index (χ4n) is 2.57. The normalized spacial score (nSPS) is 13.0. The molecule has 2 aromatic rings. The minimum absolute atomic E-state index is 0. The molecule has 0 N–H and O–H groups in total. The Morgan fingerprint density at radius 2 is 1.68 bits per heavy atom. The van der Waals surface area contributed by atoms with Crippen molar-refractivity contribution in [3.8, 4) is 5.75 Å². The van der Waals surface area contributed by atoms with E-state index >= 15 is 0 Å². The van der Waals surface area contributed by atoms with E-state index in [1.54, 1.807) is 31.2 Å². The minimum atomic E-state index is -1.41. The van der Waals surface area contributed by atoms with Crippen LogP contribution in [0.25, 0.3) is 0 Å². The molecule has 3 nitrogen and oxygen atoms in total. The van der Waals surface area contributed by atoms with Gasteiger partial charge in [0.1, 0.15) is 5.75 Å². The number of hydrogen-bond acceptors (Lipinski definition) is 3. The third kappa shape index (κ3) is 5.75. The molecule has 0 bridgehead atoms. The van der Waals surface area contributed by atoms with Crippen LogP contribution in [0.1, 0.15) is 44.2 Å². The van der Waals surface area contributed by atoms with E-state index in [9.17, 15) is 9.90 Å². The summed E-state index contributed by atoms with van der Waals surface area (Å²) in [5.74, 6) is -0.280. The Balaban J connectivity index is 0.00000312. The Morgan fingerprint density at radius 1 is 1.12 bits per heavy atom. The van der Waals surface area contributed by atoms with Gasteiger partial charge in [0.15, 0.2) is 5.60 Å². The predicted octanol–water partition coefficient (Wildman–Crippen LogP) is 0.988. The minimum Gasteiger partial charge on any atom is -0.546 e. The summed E-state index contributed by atoms with van der Waals surface area (Å²) in [4.78, 5) is 11.8. The number of benzene rings is 2. The number of carbonyl (C=O) groups is 1. The van der Waals surface area contributed by atoms with Gasteiger partial charge >= 0.3 is 29.6 Å². The van der Waals surface area contributed by atoms with Crippen LogP contribution in [0, 0.1) is 0 Å². The van der Waals surface area contributed by atoms with Crippen LogP contribution >= 0.6 is 11.6 Å². The van der Waals surface area contributed by atoms with E-state index in [1.165, 1.54) is 5.56 Å². The summed E-state index contributed by atoms with van der Waals surface area (Å²) in [6.45, 7) is 6.00. The zero-order valence-electron chi connectivity index (χ0n) is 15.2. The Hall–Kier alpha value is -1.000. The first-order valence-corrected chi connectivity index (χ1v) is 8.49. The zero-order valence-corrected chi connectivity index (χ0v) is 18.0. The number of hydrogen-bond donors (Lipinski definition) is 0. The van der Waals surface area contributed by atoms with Crippen molar-refractivity contribution in [1.29, 1.82) is 0 Å². The van der Waals surface area contributed by atoms with Crippen molar-refractivity contribution in [1.82, 2.24) is 0 Å². The first-order valence-electron chi connectivity index (χ1n) is 8.11. The number of halogens is 1. The van der Waals surface area contributed by atoms with E-state index < -0.39 is 11.6 Å². The molecule has 2 rings (SSSR count). The molecule has 0 aliphatic rings. The number of carbonyl (C=O) groups excluding carboxylic acids is 1. The molecule has 5 heteroatoms. The van der Waals surface area contributed by atoms with Crippen molar-refractivity contribution in [2.24, 2.45) is 0 Å². The number of ether oxygens (including phenoxy) is 1. The summed E-state index contributed by atoms with van der Waals surface area (Å²) in [5.41, 5.74) is 0.604. The molecule has 0 radical (unpaired) electrons. The van der Waals surface area contributed by atoms with Crippen molar-refractivity contribution >= 4 is 17.6 Å². The fraction of sp³-hybridized carbons (Fsp3) is 0.350. The maximum absolute atomic E-state index is 11.8. The maximum Gasteiger partial charge on any atom is 1.00 e. The number of rotatable bonds is 7.